The van der Waals surface area contributed by atoms with Crippen LogP contribution in [-0.4, -0.2) is 41.6 Å². The van der Waals surface area contributed by atoms with E-state index in [1.807, 2.05) is 18.2 Å². The molecule has 1 aliphatic carbocycles. The van der Waals surface area contributed by atoms with E-state index in [4.69, 9.17) is 9.47 Å². The van der Waals surface area contributed by atoms with Crippen LogP contribution in [0.5, 0.6) is 17.2 Å². The number of methoxy groups -OCH3 is 2. The Balaban J connectivity index is 1.53. The number of nitrogens with zero attached hydrogens (tertiary/aromatic N) is 2. The second-order valence-corrected chi connectivity index (χ2v) is 6.56. The number of hydrogen-bond acceptors (Lipinski definition) is 6. The average molecular weight is 392 g/mol. The number of aromatic hydroxyl groups is 1. The van der Waals surface area contributed by atoms with Gasteiger partial charge in [0, 0.05) is 16.7 Å². The smallest absolute Gasteiger partial charge is 0.289 e. The number of fused-ring (bicyclic) bond motifs is 3. The van der Waals surface area contributed by atoms with Crippen molar-refractivity contribution >= 4 is 12.1 Å². The maximum atomic E-state index is 12.6. The van der Waals surface area contributed by atoms with Gasteiger partial charge in [0.1, 0.15) is 5.69 Å². The largest absolute Gasteiger partial charge is 0.502 e. The molecule has 0 saturated carbocycles. The molecule has 0 atom stereocenters. The number of carbonyl (C=O) groups excluding carboxylic acids is 1. The quantitative estimate of drug-likeness (QED) is 0.457. The number of benzene rings is 2. The molecule has 0 aliphatic heterocycles. The molecule has 3 N–H and O–H groups in total. The summed E-state index contributed by atoms with van der Waals surface area (Å²) in [6.07, 6.45) is 3.04. The van der Waals surface area contributed by atoms with Gasteiger partial charge < -0.3 is 14.6 Å². The molecule has 8 heteroatoms. The zero-order valence-corrected chi connectivity index (χ0v) is 16.0. The number of rotatable bonds is 5. The van der Waals surface area contributed by atoms with Gasteiger partial charge in [0.05, 0.1) is 26.1 Å². The monoisotopic (exact) mass is 392 g/mol. The number of nitrogens with one attached hydrogen (secondary N) is 2. The molecule has 3 aromatic rings. The third-order valence-corrected chi connectivity index (χ3v) is 4.89. The van der Waals surface area contributed by atoms with Gasteiger partial charge in [-0.05, 0) is 30.5 Å². The van der Waals surface area contributed by atoms with Crippen LogP contribution in [0.25, 0.3) is 11.3 Å². The van der Waals surface area contributed by atoms with E-state index >= 15 is 0 Å². The molecular weight excluding hydrogens is 372 g/mol. The molecule has 0 saturated heterocycles. The molecular formula is C21H20N4O4. The van der Waals surface area contributed by atoms with Gasteiger partial charge in [-0.2, -0.15) is 10.2 Å². The van der Waals surface area contributed by atoms with Crippen molar-refractivity contribution < 1.29 is 19.4 Å². The lowest BCUT2D eigenvalue weighted by atomic mass is 9.89. The summed E-state index contributed by atoms with van der Waals surface area (Å²) in [6, 6.07) is 11.2. The maximum absolute atomic E-state index is 12.6. The third kappa shape index (κ3) is 3.40. The van der Waals surface area contributed by atoms with Crippen LogP contribution in [0.4, 0.5) is 0 Å². The Bertz CT molecular complexity index is 1080. The Morgan fingerprint density at radius 1 is 1.21 bits per heavy atom. The van der Waals surface area contributed by atoms with E-state index in [2.05, 4.69) is 26.8 Å². The lowest BCUT2D eigenvalue weighted by Gasteiger charge is -2.15. The van der Waals surface area contributed by atoms with Crippen LogP contribution in [0.15, 0.2) is 41.5 Å². The summed E-state index contributed by atoms with van der Waals surface area (Å²) < 4.78 is 10.2. The van der Waals surface area contributed by atoms with Crippen LogP contribution >= 0.6 is 0 Å². The third-order valence-electron chi connectivity index (χ3n) is 4.89. The van der Waals surface area contributed by atoms with Crippen molar-refractivity contribution in [3.8, 4) is 28.5 Å². The fourth-order valence-corrected chi connectivity index (χ4v) is 3.46. The van der Waals surface area contributed by atoms with E-state index in [9.17, 15) is 9.90 Å². The molecule has 1 aromatic heterocycles. The van der Waals surface area contributed by atoms with Gasteiger partial charge in [-0.15, -0.1) is 0 Å². The molecule has 0 radical (unpaired) electrons. The van der Waals surface area contributed by atoms with Crippen molar-refractivity contribution in [2.45, 2.75) is 12.8 Å². The summed E-state index contributed by atoms with van der Waals surface area (Å²) in [5, 5.41) is 21.1. The van der Waals surface area contributed by atoms with Crippen molar-refractivity contribution in [2.24, 2.45) is 5.10 Å². The predicted molar refractivity (Wildman–Crippen MR) is 108 cm³/mol. The number of H-pyrrole nitrogens is 1. The highest BCUT2D eigenvalue weighted by molar-refractivity contribution is 5.96. The first-order valence-electron chi connectivity index (χ1n) is 9.06. The van der Waals surface area contributed by atoms with Crippen LogP contribution < -0.4 is 14.9 Å². The van der Waals surface area contributed by atoms with Gasteiger partial charge in [-0.1, -0.05) is 24.3 Å². The van der Waals surface area contributed by atoms with E-state index < -0.39 is 0 Å². The Kier molecular flexibility index (Phi) is 4.90. The van der Waals surface area contributed by atoms with Gasteiger partial charge in [-0.25, -0.2) is 5.43 Å². The Morgan fingerprint density at radius 2 is 1.93 bits per heavy atom. The number of ether oxygens (including phenoxy) is 2. The highest BCUT2D eigenvalue weighted by atomic mass is 16.5. The molecule has 0 spiro atoms. The first kappa shape index (κ1) is 18.5. The summed E-state index contributed by atoms with van der Waals surface area (Å²) in [4.78, 5) is 12.6. The molecule has 1 amide bonds. The normalized spacial score (nSPS) is 12.3. The number of phenolic OH excluding ortho intramolecular Hbond substituents is 1. The molecule has 29 heavy (non-hydrogen) atoms. The van der Waals surface area contributed by atoms with Gasteiger partial charge in [0.15, 0.2) is 11.5 Å². The molecule has 8 nitrogen and oxygen atoms in total. The Hall–Kier alpha value is -3.81. The van der Waals surface area contributed by atoms with Crippen molar-refractivity contribution in [1.82, 2.24) is 15.6 Å². The topological polar surface area (TPSA) is 109 Å². The van der Waals surface area contributed by atoms with Crippen LogP contribution in [-0.2, 0) is 12.8 Å². The first-order valence-corrected chi connectivity index (χ1v) is 9.06. The Morgan fingerprint density at radius 3 is 2.66 bits per heavy atom. The lowest BCUT2D eigenvalue weighted by molar-refractivity contribution is 0.0949. The Labute approximate surface area is 167 Å². The van der Waals surface area contributed by atoms with Gasteiger partial charge in [0.2, 0.25) is 5.75 Å². The number of phenols is 1. The summed E-state index contributed by atoms with van der Waals surface area (Å²) in [6.45, 7) is 0. The molecule has 148 valence electrons. The molecule has 0 unspecified atom stereocenters. The van der Waals surface area contributed by atoms with E-state index in [0.717, 1.165) is 29.7 Å². The SMILES string of the molecule is COc1cc(/C=N/NC(=O)c2[nH]nc3c2CCc2ccccc2-3)cc(OC)c1O. The van der Waals surface area contributed by atoms with Gasteiger partial charge in [-0.3, -0.25) is 9.89 Å². The summed E-state index contributed by atoms with van der Waals surface area (Å²) in [5.74, 6) is 0.0319. The fourth-order valence-electron chi connectivity index (χ4n) is 3.46. The van der Waals surface area contributed by atoms with E-state index in [1.54, 1.807) is 12.1 Å². The maximum Gasteiger partial charge on any atom is 0.289 e. The molecule has 2 aromatic carbocycles. The number of hydrogen-bond donors (Lipinski definition) is 3. The number of hydrazone groups is 1. The van der Waals surface area contributed by atoms with Crippen molar-refractivity contribution in [1.29, 1.82) is 0 Å². The standard InChI is InChI=1S/C21H20N4O4/c1-28-16-9-12(10-17(29-2)20(16)26)11-22-25-21(27)19-15-8-7-13-5-3-4-6-14(13)18(15)23-24-19/h3-6,9-11,26H,7-8H2,1-2H3,(H,23,24)(H,25,27)/b22-11+. The van der Waals surface area contributed by atoms with Crippen molar-refractivity contribution in [2.75, 3.05) is 14.2 Å². The van der Waals surface area contributed by atoms with Crippen molar-refractivity contribution in [3.63, 3.8) is 0 Å². The predicted octanol–water partition coefficient (Wildman–Crippen LogP) is 2.66. The second kappa shape index (κ2) is 7.67. The number of aromatic amines is 1. The van der Waals surface area contributed by atoms with E-state index in [-0.39, 0.29) is 23.2 Å². The van der Waals surface area contributed by atoms with Crippen LogP contribution in [0, 0.1) is 0 Å². The van der Waals surface area contributed by atoms with Gasteiger partial charge in [0.25, 0.3) is 5.91 Å². The number of aryl methyl sites for hydroxylation is 1. The summed E-state index contributed by atoms with van der Waals surface area (Å²) >= 11 is 0. The second-order valence-electron chi connectivity index (χ2n) is 6.56. The van der Waals surface area contributed by atoms with Gasteiger partial charge >= 0.3 is 0 Å². The highest BCUT2D eigenvalue weighted by Crippen LogP contribution is 2.36. The zero-order valence-electron chi connectivity index (χ0n) is 16.0. The van der Waals surface area contributed by atoms with E-state index in [1.165, 1.54) is 26.0 Å². The number of carbonyl (C=O) groups is 1. The molecule has 4 rings (SSSR count). The highest BCUT2D eigenvalue weighted by Gasteiger charge is 2.24. The minimum atomic E-state index is -0.368. The van der Waals surface area contributed by atoms with Crippen LogP contribution in [0.1, 0.15) is 27.2 Å². The molecule has 0 bridgehead atoms. The zero-order chi connectivity index (χ0) is 20.4. The molecule has 0 fully saturated rings. The summed E-state index contributed by atoms with van der Waals surface area (Å²) in [5.41, 5.74) is 7.50. The molecule has 1 aliphatic rings. The lowest BCUT2D eigenvalue weighted by Crippen LogP contribution is -2.20. The first-order chi connectivity index (χ1) is 14.1. The van der Waals surface area contributed by atoms with Crippen molar-refractivity contribution in [3.05, 3.63) is 58.8 Å². The molecule has 1 heterocycles. The summed E-state index contributed by atoms with van der Waals surface area (Å²) in [7, 11) is 2.88. The van der Waals surface area contributed by atoms with Crippen LogP contribution in [0.2, 0.25) is 0 Å². The van der Waals surface area contributed by atoms with E-state index in [0.29, 0.717) is 11.3 Å². The van der Waals surface area contributed by atoms with Crippen LogP contribution in [0.3, 0.4) is 0 Å². The average Bonchev–Trinajstić information content (AvgIpc) is 3.19. The number of amides is 1. The number of aromatic nitrogens is 2. The minimum Gasteiger partial charge on any atom is -0.502 e. The fraction of sp³-hybridized carbons (Fsp3) is 0.190. The minimum absolute atomic E-state index is 0.0967.